The molecule has 32 nitrogen and oxygen atoms in total. The van der Waals surface area contributed by atoms with Crippen LogP contribution in [0.3, 0.4) is 0 Å². The van der Waals surface area contributed by atoms with Gasteiger partial charge in [-0.1, -0.05) is 43.2 Å². The number of aliphatic imine (C=N–C) groups is 3. The number of benzene rings is 1. The van der Waals surface area contributed by atoms with Crippen LogP contribution >= 0.6 is 11.3 Å². The number of aliphatic hydroxyl groups is 2. The van der Waals surface area contributed by atoms with E-state index in [1.165, 1.54) is 21.1 Å². The Kier molecular flexibility index (Phi) is 25.8. The number of primary amides is 1. The zero-order valence-electron chi connectivity index (χ0n) is 51.6. The topological polar surface area (TPSA) is 530 Å². The van der Waals surface area contributed by atoms with Crippen molar-refractivity contribution < 1.29 is 58.2 Å². The van der Waals surface area contributed by atoms with Crippen molar-refractivity contribution in [3.05, 3.63) is 57.8 Å². The number of rotatable bonds is 30. The summed E-state index contributed by atoms with van der Waals surface area (Å²) in [6.45, 7) is -1.36. The smallest absolute Gasteiger partial charge is 0.248 e. The van der Waals surface area contributed by atoms with Gasteiger partial charge in [0.15, 0.2) is 17.9 Å². The van der Waals surface area contributed by atoms with Crippen LogP contribution in [0.25, 0.3) is 0 Å². The number of carbonyl (C=O) groups excluding carboxylic acids is 10. The molecule has 1 aromatic heterocycles. The van der Waals surface area contributed by atoms with Gasteiger partial charge in [0, 0.05) is 69.4 Å². The molecule has 1 aromatic carbocycles. The molecule has 3 saturated heterocycles. The predicted molar refractivity (Wildman–Crippen MR) is 339 cm³/mol. The monoisotopic (exact) mass is 1300 g/mol. The average molecular weight is 1300 g/mol. The zero-order chi connectivity index (χ0) is 66.8. The van der Waals surface area contributed by atoms with Crippen molar-refractivity contribution in [2.75, 3.05) is 45.9 Å². The minimum Gasteiger partial charge on any atom is -0.394 e. The summed E-state index contributed by atoms with van der Waals surface area (Å²) >= 11 is 1.28. The van der Waals surface area contributed by atoms with Crippen molar-refractivity contribution in [2.24, 2.45) is 66.8 Å². The number of hydrogen-bond acceptors (Lipinski definition) is 17. The summed E-state index contributed by atoms with van der Waals surface area (Å²) < 4.78 is 0. The fraction of sp³-hybridized carbons (Fsp3) is 0.610. The van der Waals surface area contributed by atoms with Crippen LogP contribution in [0.1, 0.15) is 106 Å². The number of likely N-dealkylation sites (tertiary alicyclic amines) is 3. The molecule has 33 heteroatoms. The number of nitrogens with zero attached hydrogens (tertiary/aromatic N) is 7. The molecule has 4 fully saturated rings. The molecule has 4 aliphatic heterocycles. The number of nitrogens with one attached hydrogen (secondary N) is 5. The molecule has 12 atom stereocenters. The fourth-order valence-corrected chi connectivity index (χ4v) is 13.7. The molecule has 7 rings (SSSR count). The van der Waals surface area contributed by atoms with Crippen molar-refractivity contribution in [3.63, 3.8) is 0 Å². The van der Waals surface area contributed by atoms with Crippen LogP contribution in [0.5, 0.6) is 0 Å². The van der Waals surface area contributed by atoms with E-state index in [1.807, 2.05) is 6.07 Å². The molecule has 2 aromatic rings. The Hall–Kier alpha value is -8.69. The van der Waals surface area contributed by atoms with Crippen molar-refractivity contribution in [3.8, 4) is 0 Å². The van der Waals surface area contributed by atoms with Gasteiger partial charge in [-0.15, -0.1) is 11.3 Å². The Balaban J connectivity index is 1.02. The van der Waals surface area contributed by atoms with Gasteiger partial charge in [0.05, 0.1) is 25.3 Å². The van der Waals surface area contributed by atoms with Crippen molar-refractivity contribution in [1.82, 2.24) is 46.2 Å². The second kappa shape index (κ2) is 33.6. The van der Waals surface area contributed by atoms with Crippen LogP contribution in [-0.4, -0.2) is 219 Å². The molecule has 5 heterocycles. The molecule has 5 aliphatic rings. The van der Waals surface area contributed by atoms with E-state index >= 15 is 4.79 Å². The maximum absolute atomic E-state index is 15.4. The number of hydrogen-bond donors (Lipinski definition) is 15. The molecular weight excluding hydrogens is 1210 g/mol. The van der Waals surface area contributed by atoms with Gasteiger partial charge in [0.1, 0.15) is 48.3 Å². The van der Waals surface area contributed by atoms with E-state index in [0.717, 1.165) is 29.7 Å². The number of aliphatic hydroxyl groups excluding tert-OH is 2. The highest BCUT2D eigenvalue weighted by Crippen LogP contribution is 2.41. The summed E-state index contributed by atoms with van der Waals surface area (Å²) in [5.74, 6) is -7.61. The summed E-state index contributed by atoms with van der Waals surface area (Å²) in [7, 11) is 0. The first kappa shape index (κ1) is 70.8. The van der Waals surface area contributed by atoms with E-state index in [0.29, 0.717) is 42.5 Å². The highest BCUT2D eigenvalue weighted by molar-refractivity contribution is 7.09. The third-order valence-corrected chi connectivity index (χ3v) is 18.4. The van der Waals surface area contributed by atoms with Gasteiger partial charge in [-0.05, 0) is 99.1 Å². The Morgan fingerprint density at radius 1 is 0.609 bits per heavy atom. The summed E-state index contributed by atoms with van der Waals surface area (Å²) in [6.07, 6.45) is 3.80. The lowest BCUT2D eigenvalue weighted by Crippen LogP contribution is -2.63. The molecule has 92 heavy (non-hydrogen) atoms. The van der Waals surface area contributed by atoms with Crippen LogP contribution in [0.2, 0.25) is 0 Å². The normalized spacial score (nSPS) is 22.4. The first-order valence-electron chi connectivity index (χ1n) is 31.3. The van der Waals surface area contributed by atoms with Gasteiger partial charge >= 0.3 is 0 Å². The molecule has 0 unspecified atom stereocenters. The maximum atomic E-state index is 15.4. The Morgan fingerprint density at radius 2 is 1.24 bits per heavy atom. The van der Waals surface area contributed by atoms with Crippen molar-refractivity contribution in [2.45, 2.75) is 176 Å². The fourth-order valence-electron chi connectivity index (χ4n) is 12.9. The van der Waals surface area contributed by atoms with Gasteiger partial charge < -0.3 is 102 Å². The third-order valence-electron chi connectivity index (χ3n) is 17.5. The Bertz CT molecular complexity index is 3050. The second-order valence-electron chi connectivity index (χ2n) is 24.0. The number of guanidine groups is 3. The minimum absolute atomic E-state index is 0.0314. The van der Waals surface area contributed by atoms with Crippen LogP contribution in [0.15, 0.2) is 56.8 Å². The average Bonchev–Trinajstić information content (AvgIpc) is 1.48. The summed E-state index contributed by atoms with van der Waals surface area (Å²) in [5.41, 5.74) is 46.1. The summed E-state index contributed by atoms with van der Waals surface area (Å²) in [6, 6.07) is -0.641. The summed E-state index contributed by atoms with van der Waals surface area (Å²) in [4.78, 5) is 160. The van der Waals surface area contributed by atoms with E-state index in [1.54, 1.807) is 40.6 Å². The number of nitrogens with two attached hydrogens (primary N) is 8. The van der Waals surface area contributed by atoms with E-state index < -0.39 is 133 Å². The number of fused-ring (bicyclic) bond motifs is 2. The predicted octanol–water partition coefficient (Wildman–Crippen LogP) is -5.62. The van der Waals surface area contributed by atoms with Gasteiger partial charge in [0.2, 0.25) is 59.1 Å². The molecule has 10 amide bonds. The van der Waals surface area contributed by atoms with Crippen molar-refractivity contribution >= 4 is 88.3 Å². The molecule has 0 spiro atoms. The molecule has 0 bridgehead atoms. The SMILES string of the molecule is NC(=O)[C@H](CCCN=C(N)N)NC(=O)[C@@H]1C[C@@H]2CCCC[C@@H]2N1C(=O)[C@H]1Cc2ccccc2CN1C(=O)[C@H](CO)NC(=O)[C@H](Cc1cccs1)NC(=O)CNC(=O)[C@@H]1C[C@@H](O)CN1C(=O)[C@@H]1CCCN1C(=O)[C@H](CCCN=C(N)N)NC(=O)[C@H](N)CCCN=C(N)N. The number of amides is 10. The molecule has 0 radical (unpaired) electrons. The number of β-amino-alcohol motifs (C(OH)–C–C–N with tert-alkyl or cyclic N) is 1. The second-order valence-corrected chi connectivity index (χ2v) is 25.0. The van der Waals surface area contributed by atoms with Gasteiger partial charge in [-0.3, -0.25) is 62.9 Å². The van der Waals surface area contributed by atoms with E-state index in [9.17, 15) is 53.4 Å². The van der Waals surface area contributed by atoms with Crippen LogP contribution < -0.4 is 72.5 Å². The quantitative estimate of drug-likeness (QED) is 0.0197. The third kappa shape index (κ3) is 19.0. The Morgan fingerprint density at radius 3 is 1.88 bits per heavy atom. The summed E-state index contributed by atoms with van der Waals surface area (Å²) in [5, 5.41) is 36.8. The lowest BCUT2D eigenvalue weighted by Gasteiger charge is -2.42. The largest absolute Gasteiger partial charge is 0.394 e. The standard InChI is InChI=1S/C59H90N20O12S/c60-37(14-5-19-68-57(62)63)49(84)74-39(16-7-21-70-59(66)67)53(88)76-22-8-18-43(76)55(90)78-30-35(81)26-44(78)51(86)71-28-47(82)72-40(27-36-13-9-23-92-36)50(85)75-41(31-80)54(89)77-29-34-12-2-1-10-32(34)24-46(77)56(91)79-42-17-4-3-11-33(42)25-45(79)52(87)73-38(48(61)83)15-6-20-69-58(64)65/h1-2,9-10,12-13,23,33,35,37-46,80-81H,3-8,11,14-22,24-31,60H2,(H2,61,83)(H,71,86)(H,72,82)(H,73,87)(H,74,84)(H,75,85)(H4,62,63,68)(H4,64,65,69)(H4,66,67,70)/t33-,35+,37+,38-,39-,40-,41-,42-,43-,44-,45-,46+/m0/s1. The first-order chi connectivity index (χ1) is 43.9. The van der Waals surface area contributed by atoms with Crippen LogP contribution in [0.4, 0.5) is 0 Å². The first-order valence-corrected chi connectivity index (χ1v) is 32.1. The molecular formula is C59H90N20O12S. The van der Waals surface area contributed by atoms with E-state index in [2.05, 4.69) is 41.6 Å². The van der Waals surface area contributed by atoms with Crippen LogP contribution in [-0.2, 0) is 67.3 Å². The highest BCUT2D eigenvalue weighted by Gasteiger charge is 2.52. The maximum Gasteiger partial charge on any atom is 0.248 e. The lowest BCUT2D eigenvalue weighted by molar-refractivity contribution is -0.153. The minimum atomic E-state index is -1.65. The molecule has 504 valence electrons. The van der Waals surface area contributed by atoms with Crippen LogP contribution in [0, 0.1) is 5.92 Å². The molecule has 1 aliphatic carbocycles. The van der Waals surface area contributed by atoms with E-state index in [4.69, 9.17) is 45.9 Å². The number of thiophene rings is 1. The zero-order valence-corrected chi connectivity index (χ0v) is 52.4. The van der Waals surface area contributed by atoms with E-state index in [-0.39, 0.29) is 120 Å². The lowest BCUT2D eigenvalue weighted by atomic mass is 9.84. The van der Waals surface area contributed by atoms with Crippen molar-refractivity contribution in [1.29, 1.82) is 0 Å². The molecule has 1 saturated carbocycles. The number of carbonyl (C=O) groups is 10. The highest BCUT2D eigenvalue weighted by atomic mass is 32.1. The van der Waals surface area contributed by atoms with Gasteiger partial charge in [0.25, 0.3) is 0 Å². The van der Waals surface area contributed by atoms with Gasteiger partial charge in [-0.2, -0.15) is 0 Å². The molecule has 23 N–H and O–H groups in total. The Labute approximate surface area is 536 Å². The van der Waals surface area contributed by atoms with Gasteiger partial charge in [-0.25, -0.2) is 0 Å².